The number of carbonyl (C=O) groups excluding carboxylic acids is 1. The van der Waals surface area contributed by atoms with E-state index in [2.05, 4.69) is 0 Å². The molecule has 0 saturated heterocycles. The van der Waals surface area contributed by atoms with Gasteiger partial charge in [-0.1, -0.05) is 47.5 Å². The third-order valence-corrected chi connectivity index (χ3v) is 3.40. The molecule has 0 radical (unpaired) electrons. The number of hydrogen-bond donors (Lipinski definition) is 0. The summed E-state index contributed by atoms with van der Waals surface area (Å²) in [5.74, 6) is 0. The Bertz CT molecular complexity index is 529. The number of hydrogen-bond acceptors (Lipinski definition) is 2. The van der Waals surface area contributed by atoms with E-state index in [1.54, 1.807) is 0 Å². The van der Waals surface area contributed by atoms with Crippen molar-refractivity contribution in [3.8, 4) is 0 Å². The Morgan fingerprint density at radius 3 is 2.29 bits per heavy atom. The predicted octanol–water partition coefficient (Wildman–Crippen LogP) is 4.24. The van der Waals surface area contributed by atoms with Crippen molar-refractivity contribution in [3.63, 3.8) is 0 Å². The Balaban J connectivity index is 2.14. The Morgan fingerprint density at radius 1 is 0.941 bits per heavy atom. The first kappa shape index (κ1) is 11.9. The maximum atomic E-state index is 12.0. The first-order chi connectivity index (χ1) is 8.15. The second-order valence-electron chi connectivity index (χ2n) is 4.07. The van der Waals surface area contributed by atoms with Crippen molar-refractivity contribution in [1.82, 2.24) is 0 Å². The SMILES string of the molecule is Cc1ccc(C(=O)Sc2cccc(C)c2)cc1. The van der Waals surface area contributed by atoms with Gasteiger partial charge in [0.25, 0.3) is 0 Å². The standard InChI is InChI=1S/C15H14OS/c1-11-6-8-13(9-7-11)15(16)17-14-5-3-4-12(2)10-14/h3-10H,1-2H3. The van der Waals surface area contributed by atoms with Gasteiger partial charge in [0.1, 0.15) is 0 Å². The highest BCUT2D eigenvalue weighted by molar-refractivity contribution is 8.14. The molecule has 0 aromatic heterocycles. The van der Waals surface area contributed by atoms with Gasteiger partial charge in [-0.15, -0.1) is 0 Å². The van der Waals surface area contributed by atoms with Crippen LogP contribution in [0, 0.1) is 13.8 Å². The number of aryl methyl sites for hydroxylation is 2. The molecule has 86 valence electrons. The van der Waals surface area contributed by atoms with Gasteiger partial charge in [0.05, 0.1) is 0 Å². The molecule has 2 aromatic rings. The van der Waals surface area contributed by atoms with Crippen molar-refractivity contribution in [2.75, 3.05) is 0 Å². The first-order valence-corrected chi connectivity index (χ1v) is 6.32. The first-order valence-electron chi connectivity index (χ1n) is 5.51. The van der Waals surface area contributed by atoms with E-state index in [-0.39, 0.29) is 5.12 Å². The van der Waals surface area contributed by atoms with Crippen LogP contribution in [0.3, 0.4) is 0 Å². The average Bonchev–Trinajstić information content (AvgIpc) is 2.29. The van der Waals surface area contributed by atoms with E-state index in [9.17, 15) is 4.79 Å². The topological polar surface area (TPSA) is 17.1 Å². The fourth-order valence-corrected chi connectivity index (χ4v) is 2.39. The minimum atomic E-state index is 0.0931. The summed E-state index contributed by atoms with van der Waals surface area (Å²) >= 11 is 1.28. The second kappa shape index (κ2) is 5.19. The molecule has 1 nitrogen and oxygen atoms in total. The molecule has 0 aliphatic carbocycles. The van der Waals surface area contributed by atoms with Crippen molar-refractivity contribution in [3.05, 3.63) is 65.2 Å². The third kappa shape index (κ3) is 3.21. The van der Waals surface area contributed by atoms with Crippen LogP contribution in [0.15, 0.2) is 53.4 Å². The van der Waals surface area contributed by atoms with Gasteiger partial charge in [0.15, 0.2) is 0 Å². The van der Waals surface area contributed by atoms with E-state index in [1.165, 1.54) is 22.9 Å². The smallest absolute Gasteiger partial charge is 0.224 e. The zero-order chi connectivity index (χ0) is 12.3. The molecular formula is C15H14OS. The van der Waals surface area contributed by atoms with E-state index < -0.39 is 0 Å². The Kier molecular flexibility index (Phi) is 3.64. The third-order valence-electron chi connectivity index (χ3n) is 2.49. The van der Waals surface area contributed by atoms with Crippen LogP contribution in [0.1, 0.15) is 21.5 Å². The van der Waals surface area contributed by atoms with E-state index in [1.807, 2.05) is 62.4 Å². The molecule has 2 aromatic carbocycles. The largest absolute Gasteiger partial charge is 0.281 e. The van der Waals surface area contributed by atoms with Gasteiger partial charge >= 0.3 is 0 Å². The van der Waals surface area contributed by atoms with Crippen LogP contribution >= 0.6 is 11.8 Å². The quantitative estimate of drug-likeness (QED) is 0.733. The molecule has 0 aliphatic rings. The van der Waals surface area contributed by atoms with Crippen LogP contribution in [0.4, 0.5) is 0 Å². The molecule has 0 aliphatic heterocycles. The summed E-state index contributed by atoms with van der Waals surface area (Å²) in [6, 6.07) is 15.7. The van der Waals surface area contributed by atoms with E-state index in [0.29, 0.717) is 0 Å². The summed E-state index contributed by atoms with van der Waals surface area (Å²) in [6.45, 7) is 4.04. The van der Waals surface area contributed by atoms with Gasteiger partial charge in [0, 0.05) is 10.5 Å². The molecule has 0 heterocycles. The normalized spacial score (nSPS) is 10.2. The summed E-state index contributed by atoms with van der Waals surface area (Å²) in [4.78, 5) is 13.0. The highest BCUT2D eigenvalue weighted by Crippen LogP contribution is 2.23. The van der Waals surface area contributed by atoms with Gasteiger partial charge in [-0.2, -0.15) is 0 Å². The minimum Gasteiger partial charge on any atom is -0.281 e. The fourth-order valence-electron chi connectivity index (χ4n) is 1.53. The molecule has 0 saturated carbocycles. The maximum Gasteiger partial charge on any atom is 0.224 e. The monoisotopic (exact) mass is 242 g/mol. The number of carbonyl (C=O) groups is 1. The summed E-state index contributed by atoms with van der Waals surface area (Å²) in [5.41, 5.74) is 3.09. The van der Waals surface area contributed by atoms with Crippen LogP contribution in [0.2, 0.25) is 0 Å². The highest BCUT2D eigenvalue weighted by atomic mass is 32.2. The molecule has 0 unspecified atom stereocenters. The molecule has 2 rings (SSSR count). The van der Waals surface area contributed by atoms with Crippen LogP contribution in [0.5, 0.6) is 0 Å². The lowest BCUT2D eigenvalue weighted by Gasteiger charge is -2.02. The van der Waals surface area contributed by atoms with Crippen LogP contribution < -0.4 is 0 Å². The van der Waals surface area contributed by atoms with Crippen molar-refractivity contribution < 1.29 is 4.79 Å². The summed E-state index contributed by atoms with van der Waals surface area (Å²) in [7, 11) is 0. The van der Waals surface area contributed by atoms with Crippen molar-refractivity contribution in [2.45, 2.75) is 18.7 Å². The average molecular weight is 242 g/mol. The molecular weight excluding hydrogens is 228 g/mol. The van der Waals surface area contributed by atoms with Gasteiger partial charge in [-0.05, 0) is 37.7 Å². The summed E-state index contributed by atoms with van der Waals surface area (Å²) in [5, 5.41) is 0.0931. The molecule has 0 bridgehead atoms. The molecule has 0 atom stereocenters. The van der Waals surface area contributed by atoms with Crippen molar-refractivity contribution in [2.24, 2.45) is 0 Å². The minimum absolute atomic E-state index is 0.0931. The maximum absolute atomic E-state index is 12.0. The number of rotatable bonds is 2. The molecule has 0 amide bonds. The molecule has 0 N–H and O–H groups in total. The predicted molar refractivity (Wildman–Crippen MR) is 72.5 cm³/mol. The molecule has 17 heavy (non-hydrogen) atoms. The zero-order valence-corrected chi connectivity index (χ0v) is 10.8. The second-order valence-corrected chi connectivity index (χ2v) is 5.12. The lowest BCUT2D eigenvalue weighted by molar-refractivity contribution is 0.108. The van der Waals surface area contributed by atoms with E-state index in [4.69, 9.17) is 0 Å². The van der Waals surface area contributed by atoms with Gasteiger partial charge in [-0.25, -0.2) is 0 Å². The number of thioether (sulfide) groups is 1. The van der Waals surface area contributed by atoms with Crippen LogP contribution in [-0.4, -0.2) is 5.12 Å². The number of benzene rings is 2. The van der Waals surface area contributed by atoms with Crippen molar-refractivity contribution in [1.29, 1.82) is 0 Å². The zero-order valence-electron chi connectivity index (χ0n) is 9.94. The van der Waals surface area contributed by atoms with Gasteiger partial charge < -0.3 is 0 Å². The Labute approximate surface area is 106 Å². The van der Waals surface area contributed by atoms with Crippen molar-refractivity contribution >= 4 is 16.9 Å². The molecule has 0 fully saturated rings. The summed E-state index contributed by atoms with van der Waals surface area (Å²) < 4.78 is 0. The molecule has 0 spiro atoms. The lowest BCUT2D eigenvalue weighted by Crippen LogP contribution is -1.93. The lowest BCUT2D eigenvalue weighted by atomic mass is 10.2. The highest BCUT2D eigenvalue weighted by Gasteiger charge is 2.07. The van der Waals surface area contributed by atoms with Crippen LogP contribution in [0.25, 0.3) is 0 Å². The van der Waals surface area contributed by atoms with E-state index in [0.717, 1.165) is 10.5 Å². The summed E-state index contributed by atoms with van der Waals surface area (Å²) in [6.07, 6.45) is 0. The van der Waals surface area contributed by atoms with E-state index >= 15 is 0 Å². The van der Waals surface area contributed by atoms with Gasteiger partial charge in [-0.3, -0.25) is 4.79 Å². The Hall–Kier alpha value is -1.54. The van der Waals surface area contributed by atoms with Crippen LogP contribution in [-0.2, 0) is 0 Å². The fraction of sp³-hybridized carbons (Fsp3) is 0.133. The van der Waals surface area contributed by atoms with Gasteiger partial charge in [0.2, 0.25) is 5.12 Å². The Morgan fingerprint density at radius 2 is 1.65 bits per heavy atom. The molecule has 2 heteroatoms.